The summed E-state index contributed by atoms with van der Waals surface area (Å²) in [6.07, 6.45) is -16.6. The summed E-state index contributed by atoms with van der Waals surface area (Å²) in [5.74, 6) is 0. The number of rotatable bonds is 2. The molecule has 0 aliphatic rings. The SMILES string of the molecule is CC(C)(C(F)(F)F)C(C)(C(F)(F)F)C(C)(C)C(F)(F)F. The van der Waals surface area contributed by atoms with Crippen molar-refractivity contribution in [2.24, 2.45) is 16.2 Å². The lowest BCUT2D eigenvalue weighted by Crippen LogP contribution is -2.64. The van der Waals surface area contributed by atoms with Gasteiger partial charge in [0, 0.05) is 0 Å². The van der Waals surface area contributed by atoms with E-state index in [1.807, 2.05) is 0 Å². The van der Waals surface area contributed by atoms with E-state index in [9.17, 15) is 39.5 Å². The van der Waals surface area contributed by atoms with Crippen molar-refractivity contribution in [3.8, 4) is 0 Å². The summed E-state index contributed by atoms with van der Waals surface area (Å²) in [5.41, 5.74) is -11.3. The predicted molar refractivity (Wildman–Crippen MR) is 53.8 cm³/mol. The maximum absolute atomic E-state index is 13.2. The van der Waals surface area contributed by atoms with Gasteiger partial charge in [0.1, 0.15) is 0 Å². The van der Waals surface area contributed by atoms with E-state index in [4.69, 9.17) is 0 Å². The predicted octanol–water partition coefficient (Wildman–Crippen LogP) is 5.73. The van der Waals surface area contributed by atoms with Crippen molar-refractivity contribution in [2.75, 3.05) is 0 Å². The van der Waals surface area contributed by atoms with Crippen LogP contribution in [0.15, 0.2) is 0 Å². The molecule has 0 unspecified atom stereocenters. The van der Waals surface area contributed by atoms with Crippen LogP contribution in [0.2, 0.25) is 0 Å². The standard InChI is InChI=1S/C11H15F9/c1-6(2,9(12,13)14)8(5,11(18,19)20)7(3,4)10(15,16)17/h1-5H3. The molecule has 0 nitrogen and oxygen atoms in total. The lowest BCUT2D eigenvalue weighted by atomic mass is 9.52. The Balaban J connectivity index is 6.50. The second-order valence-corrected chi connectivity index (χ2v) is 5.87. The molecule has 0 aromatic carbocycles. The molecule has 0 N–H and O–H groups in total. The molecule has 0 aromatic rings. The summed E-state index contributed by atoms with van der Waals surface area (Å²) < 4.78 is 117. The first kappa shape index (κ1) is 19.4. The lowest BCUT2D eigenvalue weighted by Gasteiger charge is -2.54. The maximum atomic E-state index is 13.2. The van der Waals surface area contributed by atoms with Gasteiger partial charge in [-0.25, -0.2) is 0 Å². The molecule has 9 heteroatoms. The third-order valence-electron chi connectivity index (χ3n) is 4.48. The number of halogens is 9. The third-order valence-corrected chi connectivity index (χ3v) is 4.48. The molecular formula is C11H15F9. The molecule has 20 heavy (non-hydrogen) atoms. The molecule has 0 radical (unpaired) electrons. The highest BCUT2D eigenvalue weighted by atomic mass is 19.4. The van der Waals surface area contributed by atoms with Gasteiger partial charge in [-0.05, 0) is 6.92 Å². The molecule has 0 amide bonds. The van der Waals surface area contributed by atoms with Gasteiger partial charge in [0.15, 0.2) is 0 Å². The van der Waals surface area contributed by atoms with Crippen LogP contribution in [0, 0.1) is 16.2 Å². The fourth-order valence-corrected chi connectivity index (χ4v) is 2.06. The van der Waals surface area contributed by atoms with Crippen LogP contribution in [0.4, 0.5) is 39.5 Å². The van der Waals surface area contributed by atoms with E-state index in [-0.39, 0.29) is 34.6 Å². The molecule has 0 fully saturated rings. The minimum absolute atomic E-state index is 0.0338. The highest BCUT2D eigenvalue weighted by molar-refractivity contribution is 5.08. The van der Waals surface area contributed by atoms with Crippen molar-refractivity contribution in [1.82, 2.24) is 0 Å². The molecule has 0 rings (SSSR count). The second kappa shape index (κ2) is 4.43. The van der Waals surface area contributed by atoms with Gasteiger partial charge in [-0.1, -0.05) is 27.7 Å². The first-order chi connectivity index (χ1) is 8.25. The van der Waals surface area contributed by atoms with E-state index in [1.165, 1.54) is 0 Å². The highest BCUT2D eigenvalue weighted by Gasteiger charge is 2.78. The Morgan fingerprint density at radius 2 is 0.600 bits per heavy atom. The van der Waals surface area contributed by atoms with Gasteiger partial charge in [0.2, 0.25) is 0 Å². The number of alkyl halides is 9. The lowest BCUT2D eigenvalue weighted by molar-refractivity contribution is -0.393. The Morgan fingerprint density at radius 3 is 0.700 bits per heavy atom. The molecule has 0 spiro atoms. The average Bonchev–Trinajstić information content (AvgIpc) is 2.10. The Hall–Kier alpha value is -0.630. The summed E-state index contributed by atoms with van der Waals surface area (Å²) in [6, 6.07) is 0. The fraction of sp³-hybridized carbons (Fsp3) is 1.00. The van der Waals surface area contributed by atoms with Crippen LogP contribution in [0.5, 0.6) is 0 Å². The smallest absolute Gasteiger partial charge is 0.170 e. The third kappa shape index (κ3) is 2.36. The zero-order valence-electron chi connectivity index (χ0n) is 11.4. The molecule has 0 aliphatic carbocycles. The van der Waals surface area contributed by atoms with Crippen LogP contribution in [-0.4, -0.2) is 18.5 Å². The first-order valence-electron chi connectivity index (χ1n) is 5.45. The van der Waals surface area contributed by atoms with Crippen molar-refractivity contribution in [3.63, 3.8) is 0 Å². The van der Waals surface area contributed by atoms with E-state index in [2.05, 4.69) is 0 Å². The van der Waals surface area contributed by atoms with Gasteiger partial charge in [0.05, 0.1) is 16.2 Å². The molecular weight excluding hydrogens is 303 g/mol. The van der Waals surface area contributed by atoms with E-state index in [1.54, 1.807) is 0 Å². The van der Waals surface area contributed by atoms with Gasteiger partial charge in [-0.2, -0.15) is 39.5 Å². The minimum Gasteiger partial charge on any atom is -0.170 e. The van der Waals surface area contributed by atoms with E-state index >= 15 is 0 Å². The van der Waals surface area contributed by atoms with Crippen LogP contribution in [0.1, 0.15) is 34.6 Å². The zero-order chi connectivity index (χ0) is 17.0. The van der Waals surface area contributed by atoms with Crippen molar-refractivity contribution >= 4 is 0 Å². The average molecular weight is 318 g/mol. The summed E-state index contributed by atoms with van der Waals surface area (Å²) in [4.78, 5) is 0. The molecule has 0 atom stereocenters. The van der Waals surface area contributed by atoms with E-state index in [0.717, 1.165) is 0 Å². The van der Waals surface area contributed by atoms with Crippen LogP contribution >= 0.6 is 0 Å². The molecule has 122 valence electrons. The molecule has 0 saturated heterocycles. The summed E-state index contributed by atoms with van der Waals surface area (Å²) >= 11 is 0. The first-order valence-corrected chi connectivity index (χ1v) is 5.45. The molecule has 0 aromatic heterocycles. The summed E-state index contributed by atoms with van der Waals surface area (Å²) in [6.45, 7) is 0.498. The topological polar surface area (TPSA) is 0 Å². The number of hydrogen-bond donors (Lipinski definition) is 0. The van der Waals surface area contributed by atoms with Crippen molar-refractivity contribution in [1.29, 1.82) is 0 Å². The van der Waals surface area contributed by atoms with Crippen LogP contribution in [-0.2, 0) is 0 Å². The number of hydrogen-bond acceptors (Lipinski definition) is 0. The quantitative estimate of drug-likeness (QED) is 0.570. The van der Waals surface area contributed by atoms with E-state index < -0.39 is 34.8 Å². The largest absolute Gasteiger partial charge is 0.395 e. The molecule has 0 saturated carbocycles. The Labute approximate surface area is 110 Å². The molecule has 0 heterocycles. The zero-order valence-corrected chi connectivity index (χ0v) is 11.4. The van der Waals surface area contributed by atoms with Crippen molar-refractivity contribution in [2.45, 2.75) is 53.1 Å². The molecule has 0 bridgehead atoms. The molecule has 0 aliphatic heterocycles. The highest BCUT2D eigenvalue weighted by Crippen LogP contribution is 2.68. The minimum atomic E-state index is -5.70. The van der Waals surface area contributed by atoms with Crippen LogP contribution in [0.25, 0.3) is 0 Å². The van der Waals surface area contributed by atoms with Gasteiger partial charge in [0.25, 0.3) is 0 Å². The monoisotopic (exact) mass is 318 g/mol. The maximum Gasteiger partial charge on any atom is 0.395 e. The van der Waals surface area contributed by atoms with Crippen molar-refractivity contribution < 1.29 is 39.5 Å². The van der Waals surface area contributed by atoms with E-state index in [0.29, 0.717) is 0 Å². The van der Waals surface area contributed by atoms with Crippen LogP contribution < -0.4 is 0 Å². The summed E-state index contributed by atoms with van der Waals surface area (Å²) in [5, 5.41) is 0. The van der Waals surface area contributed by atoms with Gasteiger partial charge >= 0.3 is 18.5 Å². The normalized spacial score (nSPS) is 16.5. The Bertz CT molecular complexity index is 328. The second-order valence-electron chi connectivity index (χ2n) is 5.87. The fourth-order valence-electron chi connectivity index (χ4n) is 2.06. The van der Waals surface area contributed by atoms with Gasteiger partial charge in [-0.3, -0.25) is 0 Å². The Kier molecular flexibility index (Phi) is 4.29. The summed E-state index contributed by atoms with van der Waals surface area (Å²) in [7, 11) is 0. The Morgan fingerprint density at radius 1 is 0.400 bits per heavy atom. The van der Waals surface area contributed by atoms with Gasteiger partial charge < -0.3 is 0 Å². The van der Waals surface area contributed by atoms with Crippen molar-refractivity contribution in [3.05, 3.63) is 0 Å². The van der Waals surface area contributed by atoms with Crippen LogP contribution in [0.3, 0.4) is 0 Å². The van der Waals surface area contributed by atoms with Gasteiger partial charge in [-0.15, -0.1) is 0 Å².